The molecule has 4 rings (SSSR count). The highest BCUT2D eigenvalue weighted by atomic mass is 32.2. The Bertz CT molecular complexity index is 901. The molecule has 2 N–H and O–H groups in total. The third-order valence-corrected chi connectivity index (χ3v) is 12.8. The van der Waals surface area contributed by atoms with Crippen molar-refractivity contribution < 1.29 is 26.7 Å². The zero-order chi connectivity index (χ0) is 26.7. The molecule has 1 unspecified atom stereocenters. The fourth-order valence-electron chi connectivity index (χ4n) is 9.68. The number of halogens is 3. The Labute approximate surface area is 216 Å². The number of hydrogen-bond donors (Lipinski definition) is 2. The molecule has 0 amide bonds. The highest BCUT2D eigenvalue weighted by molar-refractivity contribution is 7.90. The molecule has 36 heavy (non-hydrogen) atoms. The predicted octanol–water partition coefficient (Wildman–Crippen LogP) is 7.03. The van der Waals surface area contributed by atoms with Crippen LogP contribution in [0.4, 0.5) is 13.2 Å². The fraction of sp³-hybridized carbons (Fsp3) is 1.00. The molecule has 0 aromatic rings. The van der Waals surface area contributed by atoms with Gasteiger partial charge in [0.25, 0.3) is 0 Å². The van der Waals surface area contributed by atoms with Crippen LogP contribution in [-0.4, -0.2) is 30.7 Å². The molecule has 9 atom stereocenters. The van der Waals surface area contributed by atoms with Gasteiger partial charge in [-0.2, -0.15) is 13.2 Å². The van der Waals surface area contributed by atoms with Gasteiger partial charge in [-0.25, -0.2) is 13.1 Å². The molecule has 0 heterocycles. The Balaban J connectivity index is 1.41. The third-order valence-electron chi connectivity index (χ3n) is 11.5. The number of rotatable bonds is 7. The minimum atomic E-state index is -5.29. The summed E-state index contributed by atoms with van der Waals surface area (Å²) in [5, 5.41) is 10.1. The molecule has 8 heteroatoms. The van der Waals surface area contributed by atoms with Crippen molar-refractivity contribution in [3.63, 3.8) is 0 Å². The van der Waals surface area contributed by atoms with Crippen molar-refractivity contribution in [3.05, 3.63) is 0 Å². The van der Waals surface area contributed by atoms with Gasteiger partial charge in [0.1, 0.15) is 0 Å². The first kappa shape index (κ1) is 28.7. The molecule has 0 saturated heterocycles. The van der Waals surface area contributed by atoms with Gasteiger partial charge >= 0.3 is 15.5 Å². The lowest BCUT2D eigenvalue weighted by atomic mass is 9.44. The summed E-state index contributed by atoms with van der Waals surface area (Å²) in [5.74, 6) is 3.67. The van der Waals surface area contributed by atoms with E-state index in [0.29, 0.717) is 36.0 Å². The number of aliphatic hydroxyl groups is 1. The van der Waals surface area contributed by atoms with E-state index in [1.807, 2.05) is 18.6 Å². The van der Waals surface area contributed by atoms with Crippen molar-refractivity contribution in [1.29, 1.82) is 0 Å². The summed E-state index contributed by atoms with van der Waals surface area (Å²) in [6.07, 6.45) is 12.0. The molecule has 0 aromatic carbocycles. The van der Waals surface area contributed by atoms with Gasteiger partial charge < -0.3 is 5.11 Å². The van der Waals surface area contributed by atoms with Crippen molar-refractivity contribution in [3.8, 4) is 0 Å². The summed E-state index contributed by atoms with van der Waals surface area (Å²) in [4.78, 5) is 0. The second-order valence-electron chi connectivity index (χ2n) is 14.1. The quantitative estimate of drug-likeness (QED) is 0.368. The lowest BCUT2D eigenvalue weighted by Gasteiger charge is -2.61. The Hall–Kier alpha value is -0.340. The number of hydrogen-bond acceptors (Lipinski definition) is 3. The maximum absolute atomic E-state index is 12.9. The summed E-state index contributed by atoms with van der Waals surface area (Å²) in [6, 6.07) is -0.610. The van der Waals surface area contributed by atoms with Crippen LogP contribution in [0.5, 0.6) is 0 Å². The standard InChI is InChI=1S/C28H48F3NO3S/c1-18(7-6-14-25(2,3)33)22-10-11-23-21-9-8-19-17-20(32-36(34,35)28(29,30)31)12-15-26(19,4)24(21)13-16-27(22,23)5/h18-24,32-33H,6-17H2,1-5H3/t18-,19+,20?,21+,22-,23+,24+,26+,27-/m1/s1. The van der Waals surface area contributed by atoms with Gasteiger partial charge in [-0.15, -0.1) is 0 Å². The molecule has 0 bridgehead atoms. The SMILES string of the molecule is C[C@H](CCCC(C)(C)O)[C@H]1CC[C@H]2[C@@H]3CC[C@H]4CC(NS(=O)(=O)C(F)(F)F)CC[C@]4(C)[C@H]3CC[C@]12C. The topological polar surface area (TPSA) is 66.4 Å². The van der Waals surface area contributed by atoms with E-state index in [9.17, 15) is 26.7 Å². The molecule has 4 aliphatic carbocycles. The molecule has 0 radical (unpaired) electrons. The van der Waals surface area contributed by atoms with Crippen LogP contribution in [0.3, 0.4) is 0 Å². The van der Waals surface area contributed by atoms with Gasteiger partial charge in [0.2, 0.25) is 0 Å². The highest BCUT2D eigenvalue weighted by Gasteiger charge is 2.61. The third kappa shape index (κ3) is 5.25. The lowest BCUT2D eigenvalue weighted by molar-refractivity contribution is -0.117. The smallest absolute Gasteiger partial charge is 0.390 e. The molecule has 0 spiro atoms. The van der Waals surface area contributed by atoms with Gasteiger partial charge in [0, 0.05) is 6.04 Å². The van der Waals surface area contributed by atoms with Crippen LogP contribution in [0.15, 0.2) is 0 Å². The van der Waals surface area contributed by atoms with E-state index in [4.69, 9.17) is 0 Å². The first-order valence-electron chi connectivity index (χ1n) is 14.3. The van der Waals surface area contributed by atoms with Crippen LogP contribution in [0.2, 0.25) is 0 Å². The van der Waals surface area contributed by atoms with Crippen LogP contribution < -0.4 is 4.72 Å². The highest BCUT2D eigenvalue weighted by Crippen LogP contribution is 2.68. The largest absolute Gasteiger partial charge is 0.511 e. The number of sulfonamides is 1. The molecule has 4 nitrogen and oxygen atoms in total. The Morgan fingerprint density at radius 2 is 1.61 bits per heavy atom. The van der Waals surface area contributed by atoms with Crippen LogP contribution in [0, 0.1) is 46.3 Å². The van der Waals surface area contributed by atoms with Gasteiger partial charge in [0.15, 0.2) is 0 Å². The van der Waals surface area contributed by atoms with E-state index >= 15 is 0 Å². The van der Waals surface area contributed by atoms with Gasteiger partial charge in [0.05, 0.1) is 5.60 Å². The van der Waals surface area contributed by atoms with E-state index < -0.39 is 27.2 Å². The first-order valence-corrected chi connectivity index (χ1v) is 15.8. The molecule has 210 valence electrons. The summed E-state index contributed by atoms with van der Waals surface area (Å²) in [5.41, 5.74) is -5.39. The Kier molecular flexibility index (Phi) is 7.71. The summed E-state index contributed by atoms with van der Waals surface area (Å²) in [6.45, 7) is 11.1. The first-order chi connectivity index (χ1) is 16.5. The predicted molar refractivity (Wildman–Crippen MR) is 136 cm³/mol. The van der Waals surface area contributed by atoms with E-state index in [1.54, 1.807) is 0 Å². The van der Waals surface area contributed by atoms with Crippen LogP contribution in [0.25, 0.3) is 0 Å². The van der Waals surface area contributed by atoms with Crippen LogP contribution in [-0.2, 0) is 10.0 Å². The maximum Gasteiger partial charge on any atom is 0.511 e. The maximum atomic E-state index is 12.9. The van der Waals surface area contributed by atoms with Crippen LogP contribution >= 0.6 is 0 Å². The van der Waals surface area contributed by atoms with Crippen molar-refractivity contribution in [1.82, 2.24) is 4.72 Å². The summed E-state index contributed by atoms with van der Waals surface area (Å²) >= 11 is 0. The summed E-state index contributed by atoms with van der Waals surface area (Å²) < 4.78 is 64.2. The molecule has 4 fully saturated rings. The Morgan fingerprint density at radius 1 is 0.972 bits per heavy atom. The molecule has 4 aliphatic rings. The minimum absolute atomic E-state index is 0.0980. The molecule has 4 saturated carbocycles. The number of nitrogens with one attached hydrogen (secondary N) is 1. The van der Waals surface area contributed by atoms with Crippen LogP contribution in [0.1, 0.15) is 112 Å². The minimum Gasteiger partial charge on any atom is -0.390 e. The fourth-order valence-corrected chi connectivity index (χ4v) is 10.5. The Morgan fingerprint density at radius 3 is 2.25 bits per heavy atom. The van der Waals surface area contributed by atoms with E-state index in [0.717, 1.165) is 43.9 Å². The monoisotopic (exact) mass is 535 g/mol. The lowest BCUT2D eigenvalue weighted by Crippen LogP contribution is -2.56. The van der Waals surface area contributed by atoms with E-state index in [2.05, 4.69) is 20.8 Å². The average Bonchev–Trinajstić information content (AvgIpc) is 3.09. The molecular weight excluding hydrogens is 487 g/mol. The van der Waals surface area contributed by atoms with Crippen molar-refractivity contribution in [2.75, 3.05) is 0 Å². The number of alkyl halides is 3. The van der Waals surface area contributed by atoms with Gasteiger partial charge in [-0.05, 0) is 124 Å². The van der Waals surface area contributed by atoms with Gasteiger partial charge in [-0.3, -0.25) is 0 Å². The zero-order valence-electron chi connectivity index (χ0n) is 22.8. The van der Waals surface area contributed by atoms with Gasteiger partial charge in [-0.1, -0.05) is 33.6 Å². The zero-order valence-corrected chi connectivity index (χ0v) is 23.6. The second-order valence-corrected chi connectivity index (χ2v) is 15.8. The summed E-state index contributed by atoms with van der Waals surface area (Å²) in [7, 11) is -5.29. The molecule has 0 aromatic heterocycles. The van der Waals surface area contributed by atoms with Crippen molar-refractivity contribution >= 4 is 10.0 Å². The van der Waals surface area contributed by atoms with Crippen molar-refractivity contribution in [2.45, 2.75) is 129 Å². The van der Waals surface area contributed by atoms with E-state index in [1.165, 1.54) is 32.1 Å². The molecule has 0 aliphatic heterocycles. The van der Waals surface area contributed by atoms with E-state index in [-0.39, 0.29) is 11.3 Å². The number of fused-ring (bicyclic) bond motifs is 5. The normalized spacial score (nSPS) is 42.4. The van der Waals surface area contributed by atoms with Crippen molar-refractivity contribution in [2.24, 2.45) is 46.3 Å². The molecular formula is C28H48F3NO3S. The second kappa shape index (κ2) is 9.69. The average molecular weight is 536 g/mol.